The molecule has 2 N–H and O–H groups in total. The van der Waals surface area contributed by atoms with E-state index in [-0.39, 0.29) is 5.91 Å². The molecule has 0 aromatic carbocycles. The summed E-state index contributed by atoms with van der Waals surface area (Å²) in [7, 11) is 0. The molecule has 1 amide bonds. The van der Waals surface area contributed by atoms with Gasteiger partial charge in [0.25, 0.3) is 5.91 Å². The maximum absolute atomic E-state index is 12.0. The summed E-state index contributed by atoms with van der Waals surface area (Å²) in [6.07, 6.45) is 2.76. The average Bonchev–Trinajstić information content (AvgIpc) is 2.87. The highest BCUT2D eigenvalue weighted by atomic mass is 127. The summed E-state index contributed by atoms with van der Waals surface area (Å²) in [5.41, 5.74) is -0.503. The molecule has 1 aliphatic carbocycles. The van der Waals surface area contributed by atoms with Crippen LogP contribution in [-0.2, 0) is 4.79 Å². The predicted molar refractivity (Wildman–Crippen MR) is 73.3 cm³/mol. The van der Waals surface area contributed by atoms with Crippen LogP contribution >= 0.6 is 33.9 Å². The molecule has 4 nitrogen and oxygen atoms in total. The second kappa shape index (κ2) is 4.93. The highest BCUT2D eigenvalue weighted by molar-refractivity contribution is 14.1. The molecule has 0 unspecified atom stereocenters. The summed E-state index contributed by atoms with van der Waals surface area (Å²) >= 11 is 3.61. The lowest BCUT2D eigenvalue weighted by Gasteiger charge is -2.24. The molecule has 2 rings (SSSR count). The normalized spacial score (nSPS) is 17.9. The third kappa shape index (κ3) is 2.62. The average molecular weight is 365 g/mol. The maximum Gasteiger partial charge on any atom is 0.329 e. The molecular weight excluding hydrogens is 353 g/mol. The van der Waals surface area contributed by atoms with Gasteiger partial charge >= 0.3 is 5.97 Å². The number of amides is 1. The fourth-order valence-electron chi connectivity index (χ4n) is 2.09. The Hall–Kier alpha value is -0.630. The predicted octanol–water partition coefficient (Wildman–Crippen LogP) is 2.48. The van der Waals surface area contributed by atoms with Gasteiger partial charge in [0.05, 0.1) is 8.45 Å². The first-order chi connectivity index (χ1) is 8.03. The summed E-state index contributed by atoms with van der Waals surface area (Å²) in [5, 5.41) is 13.7. The Bertz CT molecular complexity index is 451. The number of carboxylic acids is 1. The Morgan fingerprint density at radius 3 is 2.53 bits per heavy atom. The summed E-state index contributed by atoms with van der Waals surface area (Å²) in [4.78, 5) is 23.2. The van der Waals surface area contributed by atoms with E-state index in [0.29, 0.717) is 18.4 Å². The van der Waals surface area contributed by atoms with Gasteiger partial charge in [-0.1, -0.05) is 12.8 Å². The van der Waals surface area contributed by atoms with E-state index in [9.17, 15) is 14.7 Å². The van der Waals surface area contributed by atoms with E-state index in [1.165, 1.54) is 11.3 Å². The molecule has 0 radical (unpaired) electrons. The lowest BCUT2D eigenvalue weighted by molar-refractivity contribution is -0.144. The van der Waals surface area contributed by atoms with Gasteiger partial charge in [-0.3, -0.25) is 4.79 Å². The van der Waals surface area contributed by atoms with Crippen molar-refractivity contribution in [2.24, 2.45) is 0 Å². The Labute approximate surface area is 117 Å². The van der Waals surface area contributed by atoms with Gasteiger partial charge in [-0.2, -0.15) is 0 Å². The van der Waals surface area contributed by atoms with E-state index in [2.05, 4.69) is 27.9 Å². The van der Waals surface area contributed by atoms with Gasteiger partial charge in [-0.05, 0) is 41.5 Å². The number of halogens is 1. The smallest absolute Gasteiger partial charge is 0.329 e. The molecule has 1 heterocycles. The first-order valence-electron chi connectivity index (χ1n) is 5.33. The molecule has 1 aromatic rings. The van der Waals surface area contributed by atoms with Crippen molar-refractivity contribution in [3.8, 4) is 0 Å². The fraction of sp³-hybridized carbons (Fsp3) is 0.455. The number of hydrogen-bond donors (Lipinski definition) is 2. The van der Waals surface area contributed by atoms with E-state index in [0.717, 1.165) is 15.7 Å². The van der Waals surface area contributed by atoms with Crippen molar-refractivity contribution in [2.75, 3.05) is 0 Å². The molecule has 0 saturated heterocycles. The second-order valence-corrected chi connectivity index (χ2v) is 6.99. The molecule has 0 atom stereocenters. The Morgan fingerprint density at radius 2 is 2.06 bits per heavy atom. The van der Waals surface area contributed by atoms with E-state index in [1.807, 2.05) is 0 Å². The number of rotatable bonds is 3. The van der Waals surface area contributed by atoms with Gasteiger partial charge in [0.2, 0.25) is 0 Å². The fourth-order valence-corrected chi connectivity index (χ4v) is 3.42. The third-order valence-corrected chi connectivity index (χ3v) is 4.84. The molecule has 17 heavy (non-hydrogen) atoms. The van der Waals surface area contributed by atoms with Crippen molar-refractivity contribution >= 4 is 45.8 Å². The van der Waals surface area contributed by atoms with E-state index < -0.39 is 11.5 Å². The molecule has 6 heteroatoms. The number of carbonyl (C=O) groups is 2. The first kappa shape index (κ1) is 12.8. The minimum atomic E-state index is -1.05. The molecule has 1 aromatic heterocycles. The van der Waals surface area contributed by atoms with E-state index >= 15 is 0 Å². The summed E-state index contributed by atoms with van der Waals surface area (Å²) in [6, 6.07) is 1.77. The van der Waals surface area contributed by atoms with Crippen LogP contribution in [0.2, 0.25) is 0 Å². The number of hydrogen-bond acceptors (Lipinski definition) is 3. The molecule has 1 aliphatic rings. The summed E-state index contributed by atoms with van der Waals surface area (Å²) in [6.45, 7) is 0. The molecule has 0 aliphatic heterocycles. The number of carboxylic acid groups (broad SMARTS) is 1. The van der Waals surface area contributed by atoms with E-state index in [1.54, 1.807) is 11.4 Å². The third-order valence-electron chi connectivity index (χ3n) is 3.05. The van der Waals surface area contributed by atoms with Crippen LogP contribution in [0.25, 0.3) is 0 Å². The zero-order chi connectivity index (χ0) is 12.5. The Kier molecular flexibility index (Phi) is 3.72. The van der Waals surface area contributed by atoms with Gasteiger partial charge < -0.3 is 10.4 Å². The zero-order valence-corrected chi connectivity index (χ0v) is 12.0. The summed E-state index contributed by atoms with van der Waals surface area (Å²) < 4.78 is 1.02. The Morgan fingerprint density at radius 1 is 1.41 bits per heavy atom. The summed E-state index contributed by atoms with van der Waals surface area (Å²) in [5.74, 6) is -1.21. The van der Waals surface area contributed by atoms with Crippen molar-refractivity contribution in [1.82, 2.24) is 5.32 Å². The van der Waals surface area contributed by atoms with Crippen molar-refractivity contribution < 1.29 is 14.7 Å². The minimum Gasteiger partial charge on any atom is -0.480 e. The Balaban J connectivity index is 2.14. The molecule has 1 saturated carbocycles. The van der Waals surface area contributed by atoms with Gasteiger partial charge in [0.1, 0.15) is 5.54 Å². The second-order valence-electron chi connectivity index (χ2n) is 4.19. The largest absolute Gasteiger partial charge is 0.480 e. The van der Waals surface area contributed by atoms with Crippen LogP contribution in [0.3, 0.4) is 0 Å². The van der Waals surface area contributed by atoms with E-state index in [4.69, 9.17) is 0 Å². The van der Waals surface area contributed by atoms with Gasteiger partial charge in [0, 0.05) is 5.38 Å². The minimum absolute atomic E-state index is 0.284. The standard InChI is InChI=1S/C11H12INO3S/c12-8-5-7(6-17-8)9(14)13-11(10(15)16)3-1-2-4-11/h5-6H,1-4H2,(H,13,14)(H,15,16). The van der Waals surface area contributed by atoms with Crippen LogP contribution < -0.4 is 5.32 Å². The van der Waals surface area contributed by atoms with Gasteiger partial charge in [0.15, 0.2) is 0 Å². The molecule has 0 spiro atoms. The van der Waals surface area contributed by atoms with Crippen molar-refractivity contribution in [2.45, 2.75) is 31.2 Å². The van der Waals surface area contributed by atoms with Crippen LogP contribution in [0.5, 0.6) is 0 Å². The topological polar surface area (TPSA) is 66.4 Å². The quantitative estimate of drug-likeness (QED) is 0.809. The van der Waals surface area contributed by atoms with Gasteiger partial charge in [-0.15, -0.1) is 11.3 Å². The highest BCUT2D eigenvalue weighted by Gasteiger charge is 2.42. The molecule has 1 fully saturated rings. The zero-order valence-electron chi connectivity index (χ0n) is 9.03. The lowest BCUT2D eigenvalue weighted by Crippen LogP contribution is -2.52. The molecule has 0 bridgehead atoms. The molecular formula is C11H12INO3S. The number of carbonyl (C=O) groups excluding carboxylic acids is 1. The van der Waals surface area contributed by atoms with Crippen LogP contribution in [0.15, 0.2) is 11.4 Å². The SMILES string of the molecule is O=C(NC1(C(=O)O)CCCC1)c1csc(I)c1. The first-order valence-corrected chi connectivity index (χ1v) is 7.29. The lowest BCUT2D eigenvalue weighted by atomic mass is 9.97. The van der Waals surface area contributed by atoms with Crippen molar-refractivity contribution in [3.05, 3.63) is 19.9 Å². The van der Waals surface area contributed by atoms with Crippen LogP contribution in [0, 0.1) is 2.88 Å². The van der Waals surface area contributed by atoms with Crippen LogP contribution in [0.1, 0.15) is 36.0 Å². The molecule has 92 valence electrons. The highest BCUT2D eigenvalue weighted by Crippen LogP contribution is 2.30. The van der Waals surface area contributed by atoms with Crippen LogP contribution in [0.4, 0.5) is 0 Å². The number of nitrogens with one attached hydrogen (secondary N) is 1. The van der Waals surface area contributed by atoms with Crippen molar-refractivity contribution in [1.29, 1.82) is 0 Å². The van der Waals surface area contributed by atoms with Crippen LogP contribution in [-0.4, -0.2) is 22.5 Å². The number of aliphatic carboxylic acids is 1. The number of thiophene rings is 1. The maximum atomic E-state index is 12.0. The monoisotopic (exact) mass is 365 g/mol. The van der Waals surface area contributed by atoms with Gasteiger partial charge in [-0.25, -0.2) is 4.79 Å². The van der Waals surface area contributed by atoms with Crippen molar-refractivity contribution in [3.63, 3.8) is 0 Å².